The molecule has 0 bridgehead atoms. The van der Waals surface area contributed by atoms with Crippen molar-refractivity contribution in [3.8, 4) is 0 Å². The zero-order chi connectivity index (χ0) is 21.1. The number of aromatic nitrogens is 2. The Morgan fingerprint density at radius 1 is 1.10 bits per heavy atom. The second kappa shape index (κ2) is 8.75. The van der Waals surface area contributed by atoms with Crippen LogP contribution in [0.5, 0.6) is 0 Å². The molecule has 2 heterocycles. The number of thioether (sulfide) groups is 1. The third-order valence-electron chi connectivity index (χ3n) is 4.98. The summed E-state index contributed by atoms with van der Waals surface area (Å²) in [6, 6.07) is 12.8. The monoisotopic (exact) mass is 446 g/mol. The highest BCUT2D eigenvalue weighted by Gasteiger charge is 2.30. The number of carbonyl (C=O) groups excluding carboxylic acids is 1. The number of hydrogen-bond acceptors (Lipinski definition) is 7. The van der Waals surface area contributed by atoms with Crippen LogP contribution in [-0.2, 0) is 20.6 Å². The van der Waals surface area contributed by atoms with Crippen LogP contribution in [0.3, 0.4) is 0 Å². The third kappa shape index (κ3) is 4.50. The van der Waals surface area contributed by atoms with Crippen molar-refractivity contribution in [1.82, 2.24) is 19.3 Å². The predicted molar refractivity (Wildman–Crippen MR) is 114 cm³/mol. The number of piperazine rings is 1. The van der Waals surface area contributed by atoms with E-state index in [9.17, 15) is 13.2 Å². The van der Waals surface area contributed by atoms with Crippen LogP contribution < -0.4 is 0 Å². The molecule has 1 aromatic heterocycles. The van der Waals surface area contributed by atoms with Crippen LogP contribution in [0.25, 0.3) is 10.8 Å². The third-order valence-corrected chi connectivity index (χ3v) is 7.78. The second-order valence-electron chi connectivity index (χ2n) is 7.02. The highest BCUT2D eigenvalue weighted by Crippen LogP contribution is 2.23. The van der Waals surface area contributed by atoms with Gasteiger partial charge in [-0.25, -0.2) is 8.42 Å². The lowest BCUT2D eigenvalue weighted by molar-refractivity contribution is -0.129. The van der Waals surface area contributed by atoms with Gasteiger partial charge in [0.05, 0.1) is 16.4 Å². The molecule has 2 aromatic carbocycles. The Hall–Kier alpha value is -2.43. The maximum atomic E-state index is 13.0. The summed E-state index contributed by atoms with van der Waals surface area (Å²) < 4.78 is 32.4. The van der Waals surface area contributed by atoms with Crippen LogP contribution in [0, 0.1) is 6.92 Å². The first kappa shape index (κ1) is 20.8. The molecule has 1 aliphatic rings. The van der Waals surface area contributed by atoms with E-state index in [1.54, 1.807) is 24.0 Å². The van der Waals surface area contributed by atoms with Gasteiger partial charge in [-0.1, -0.05) is 35.5 Å². The molecule has 1 fully saturated rings. The lowest BCUT2D eigenvalue weighted by atomic mass is 10.1. The molecule has 1 aliphatic heterocycles. The molecule has 0 saturated carbocycles. The first-order valence-electron chi connectivity index (χ1n) is 9.57. The summed E-state index contributed by atoms with van der Waals surface area (Å²) in [5.74, 6) is 1.85. The van der Waals surface area contributed by atoms with Gasteiger partial charge in [0, 0.05) is 33.1 Å². The largest absolute Gasteiger partial charge is 0.340 e. The molecule has 1 amide bonds. The molecule has 0 atom stereocenters. The van der Waals surface area contributed by atoms with Gasteiger partial charge in [-0.3, -0.25) is 4.79 Å². The van der Waals surface area contributed by atoms with Gasteiger partial charge in [-0.2, -0.15) is 9.29 Å². The maximum Gasteiger partial charge on any atom is 0.243 e. The Bertz CT molecular complexity index is 1150. The molecule has 0 N–H and O–H groups in total. The van der Waals surface area contributed by atoms with Gasteiger partial charge in [0.2, 0.25) is 21.8 Å². The highest BCUT2D eigenvalue weighted by molar-refractivity contribution is 7.99. The SMILES string of the molecule is Cc1nc(CSCC(=O)N2CCN(S(=O)(=O)c3ccc4ccccc4c3)CC2)no1. The number of rotatable bonds is 6. The van der Waals surface area contributed by atoms with Gasteiger partial charge < -0.3 is 9.42 Å². The van der Waals surface area contributed by atoms with Gasteiger partial charge in [0.25, 0.3) is 0 Å². The first-order chi connectivity index (χ1) is 14.4. The van der Waals surface area contributed by atoms with Crippen molar-refractivity contribution in [3.63, 3.8) is 0 Å². The minimum absolute atomic E-state index is 0.0111. The fourth-order valence-corrected chi connectivity index (χ4v) is 5.59. The number of carbonyl (C=O) groups is 1. The Kier molecular flexibility index (Phi) is 6.07. The van der Waals surface area contributed by atoms with Gasteiger partial charge in [0.1, 0.15) is 0 Å². The van der Waals surface area contributed by atoms with Crippen molar-refractivity contribution in [2.75, 3.05) is 31.9 Å². The minimum Gasteiger partial charge on any atom is -0.340 e. The summed E-state index contributed by atoms with van der Waals surface area (Å²) in [6.45, 7) is 3.06. The number of aryl methyl sites for hydroxylation is 1. The van der Waals surface area contributed by atoms with E-state index in [0.717, 1.165) is 10.8 Å². The van der Waals surface area contributed by atoms with E-state index in [1.165, 1.54) is 16.1 Å². The zero-order valence-electron chi connectivity index (χ0n) is 16.5. The van der Waals surface area contributed by atoms with E-state index < -0.39 is 10.0 Å². The Balaban J connectivity index is 1.33. The first-order valence-corrected chi connectivity index (χ1v) is 12.2. The molecule has 8 nitrogen and oxygen atoms in total. The number of sulfonamides is 1. The van der Waals surface area contributed by atoms with Crippen LogP contribution in [0.4, 0.5) is 0 Å². The topological polar surface area (TPSA) is 96.6 Å². The molecular formula is C20H22N4O4S2. The summed E-state index contributed by atoms with van der Waals surface area (Å²) in [4.78, 5) is 18.5. The quantitative estimate of drug-likeness (QED) is 0.573. The van der Waals surface area contributed by atoms with Crippen LogP contribution >= 0.6 is 11.8 Å². The van der Waals surface area contributed by atoms with E-state index >= 15 is 0 Å². The Morgan fingerprint density at radius 3 is 2.53 bits per heavy atom. The summed E-state index contributed by atoms with van der Waals surface area (Å²) in [7, 11) is -3.59. The van der Waals surface area contributed by atoms with Crippen molar-refractivity contribution in [3.05, 3.63) is 54.2 Å². The fourth-order valence-electron chi connectivity index (χ4n) is 3.38. The smallest absolute Gasteiger partial charge is 0.243 e. The summed E-state index contributed by atoms with van der Waals surface area (Å²) in [6.07, 6.45) is 0. The van der Waals surface area contributed by atoms with Crippen molar-refractivity contribution in [2.45, 2.75) is 17.6 Å². The van der Waals surface area contributed by atoms with Gasteiger partial charge >= 0.3 is 0 Å². The average Bonchev–Trinajstić information content (AvgIpc) is 3.18. The number of fused-ring (bicyclic) bond motifs is 1. The van der Waals surface area contributed by atoms with Crippen molar-refractivity contribution < 1.29 is 17.7 Å². The van der Waals surface area contributed by atoms with Crippen molar-refractivity contribution in [1.29, 1.82) is 0 Å². The number of benzene rings is 2. The average molecular weight is 447 g/mol. The van der Waals surface area contributed by atoms with Crippen molar-refractivity contribution in [2.24, 2.45) is 0 Å². The normalized spacial score (nSPS) is 15.6. The molecule has 0 aliphatic carbocycles. The van der Waals surface area contributed by atoms with Gasteiger partial charge in [0.15, 0.2) is 5.82 Å². The lowest BCUT2D eigenvalue weighted by Crippen LogP contribution is -2.50. The molecule has 4 rings (SSSR count). The summed E-state index contributed by atoms with van der Waals surface area (Å²) in [5, 5.41) is 5.69. The van der Waals surface area contributed by atoms with Crippen LogP contribution in [0.1, 0.15) is 11.7 Å². The Labute approximate surface area is 179 Å². The molecule has 3 aromatic rings. The molecular weight excluding hydrogens is 424 g/mol. The fraction of sp³-hybridized carbons (Fsp3) is 0.350. The summed E-state index contributed by atoms with van der Waals surface area (Å²) >= 11 is 1.42. The standard InChI is InChI=1S/C20H22N4O4S2/c1-15-21-19(22-28-15)13-29-14-20(25)23-8-10-24(11-9-23)30(26,27)18-7-6-16-4-2-3-5-17(16)12-18/h2-7,12H,8-11,13-14H2,1H3. The maximum absolute atomic E-state index is 13.0. The molecule has 0 unspecified atom stereocenters. The lowest BCUT2D eigenvalue weighted by Gasteiger charge is -2.34. The number of amides is 1. The van der Waals surface area contributed by atoms with E-state index in [2.05, 4.69) is 10.1 Å². The van der Waals surface area contributed by atoms with Gasteiger partial charge in [-0.05, 0) is 22.9 Å². The number of hydrogen-bond donors (Lipinski definition) is 0. The van der Waals surface area contributed by atoms with E-state index in [-0.39, 0.29) is 23.9 Å². The molecule has 30 heavy (non-hydrogen) atoms. The highest BCUT2D eigenvalue weighted by atomic mass is 32.2. The van der Waals surface area contributed by atoms with E-state index in [0.29, 0.717) is 36.3 Å². The summed E-state index contributed by atoms with van der Waals surface area (Å²) in [5.41, 5.74) is 0. The second-order valence-corrected chi connectivity index (χ2v) is 9.94. The van der Waals surface area contributed by atoms with Crippen LogP contribution in [-0.4, -0.2) is 65.6 Å². The molecule has 158 valence electrons. The molecule has 1 saturated heterocycles. The molecule has 0 radical (unpaired) electrons. The molecule has 10 heteroatoms. The Morgan fingerprint density at radius 2 is 1.83 bits per heavy atom. The van der Waals surface area contributed by atoms with Gasteiger partial charge in [-0.15, -0.1) is 11.8 Å². The van der Waals surface area contributed by atoms with E-state index in [4.69, 9.17) is 4.52 Å². The number of nitrogens with zero attached hydrogens (tertiary/aromatic N) is 4. The van der Waals surface area contributed by atoms with E-state index in [1.807, 2.05) is 30.3 Å². The molecule has 0 spiro atoms. The van der Waals surface area contributed by atoms with Crippen molar-refractivity contribution >= 4 is 38.5 Å². The zero-order valence-corrected chi connectivity index (χ0v) is 18.2. The minimum atomic E-state index is -3.59. The van der Waals surface area contributed by atoms with Crippen LogP contribution in [0.2, 0.25) is 0 Å². The predicted octanol–water partition coefficient (Wildman–Crippen LogP) is 2.30. The van der Waals surface area contributed by atoms with Crippen LogP contribution in [0.15, 0.2) is 51.9 Å².